The highest BCUT2D eigenvalue weighted by Gasteiger charge is 2.25. The minimum Gasteiger partial charge on any atom is -0.494 e. The maximum atomic E-state index is 13.2. The first-order valence-electron chi connectivity index (χ1n) is 8.83. The molecule has 3 aromatic rings. The predicted octanol–water partition coefficient (Wildman–Crippen LogP) is 1.59. The predicted molar refractivity (Wildman–Crippen MR) is 104 cm³/mol. The average Bonchev–Trinajstić information content (AvgIpc) is 3.21. The fourth-order valence-corrected chi connectivity index (χ4v) is 4.96. The van der Waals surface area contributed by atoms with Crippen LogP contribution in [0.5, 0.6) is 5.75 Å². The molecule has 1 aliphatic carbocycles. The molecule has 2 aromatic heterocycles. The number of thiophene rings is 1. The van der Waals surface area contributed by atoms with E-state index in [2.05, 4.69) is 0 Å². The van der Waals surface area contributed by atoms with E-state index in [9.17, 15) is 14.4 Å². The zero-order chi connectivity index (χ0) is 19.1. The lowest BCUT2D eigenvalue weighted by Gasteiger charge is -2.12. The summed E-state index contributed by atoms with van der Waals surface area (Å²) in [6, 6.07) is 6.76. The van der Waals surface area contributed by atoms with E-state index in [4.69, 9.17) is 10.5 Å². The Balaban J connectivity index is 2.01. The second-order valence-electron chi connectivity index (χ2n) is 6.44. The molecule has 1 amide bonds. The number of aromatic nitrogens is 2. The Morgan fingerprint density at radius 2 is 1.96 bits per heavy atom. The number of carbonyl (C=O) groups is 1. The number of nitrogens with zero attached hydrogens (tertiary/aromatic N) is 2. The van der Waals surface area contributed by atoms with Crippen LogP contribution < -0.4 is 21.7 Å². The second kappa shape index (κ2) is 6.70. The van der Waals surface area contributed by atoms with E-state index in [-0.39, 0.29) is 12.1 Å². The number of carbonyl (C=O) groups excluding carboxylic acids is 1. The molecular weight excluding hydrogens is 366 g/mol. The molecule has 2 heterocycles. The van der Waals surface area contributed by atoms with Gasteiger partial charge in [0, 0.05) is 4.88 Å². The molecule has 0 bridgehead atoms. The zero-order valence-corrected chi connectivity index (χ0v) is 15.7. The fourth-order valence-electron chi connectivity index (χ4n) is 3.59. The lowest BCUT2D eigenvalue weighted by atomic mass is 10.2. The van der Waals surface area contributed by atoms with E-state index in [1.165, 1.54) is 15.9 Å². The quantitative estimate of drug-likeness (QED) is 0.721. The summed E-state index contributed by atoms with van der Waals surface area (Å²) in [7, 11) is 0. The van der Waals surface area contributed by atoms with Crippen molar-refractivity contribution >= 4 is 27.5 Å². The minimum atomic E-state index is -0.621. The Morgan fingerprint density at radius 3 is 2.63 bits per heavy atom. The van der Waals surface area contributed by atoms with Gasteiger partial charge in [-0.3, -0.25) is 14.2 Å². The van der Waals surface area contributed by atoms with Gasteiger partial charge < -0.3 is 10.5 Å². The monoisotopic (exact) mass is 385 g/mol. The summed E-state index contributed by atoms with van der Waals surface area (Å²) in [4.78, 5) is 39.5. The third-order valence-electron chi connectivity index (χ3n) is 4.71. The normalized spacial score (nSPS) is 13.1. The first-order valence-corrected chi connectivity index (χ1v) is 9.64. The Bertz CT molecular complexity index is 1150. The number of aryl methyl sites for hydroxylation is 2. The summed E-state index contributed by atoms with van der Waals surface area (Å²) in [6.45, 7) is 2.15. The lowest BCUT2D eigenvalue weighted by molar-refractivity contribution is -0.118. The molecule has 0 aliphatic heterocycles. The Kier molecular flexibility index (Phi) is 4.35. The standard InChI is InChI=1S/C19H19N3O4S/c1-2-26-12-8-6-11(7-9-12)22-17(24)16-13-4-3-5-14(13)27-18(16)21(19(22)25)10-15(20)23/h6-9H,2-5,10H2,1H3,(H2,20,23). The number of nitrogens with two attached hydrogens (primary N) is 1. The summed E-state index contributed by atoms with van der Waals surface area (Å²) in [5, 5.41) is 0.530. The van der Waals surface area contributed by atoms with Gasteiger partial charge in [-0.25, -0.2) is 9.36 Å². The van der Waals surface area contributed by atoms with Crippen LogP contribution >= 0.6 is 11.3 Å². The van der Waals surface area contributed by atoms with Crippen molar-refractivity contribution in [2.24, 2.45) is 5.73 Å². The first kappa shape index (κ1) is 17.5. The van der Waals surface area contributed by atoms with Gasteiger partial charge in [-0.1, -0.05) is 0 Å². The van der Waals surface area contributed by atoms with Crippen LogP contribution in [0.3, 0.4) is 0 Å². The van der Waals surface area contributed by atoms with Crippen molar-refractivity contribution < 1.29 is 9.53 Å². The molecule has 7 nitrogen and oxygen atoms in total. The minimum absolute atomic E-state index is 0.258. The van der Waals surface area contributed by atoms with E-state index >= 15 is 0 Å². The number of ether oxygens (including phenoxy) is 1. The number of rotatable bonds is 5. The van der Waals surface area contributed by atoms with Crippen LogP contribution in [-0.4, -0.2) is 21.6 Å². The highest BCUT2D eigenvalue weighted by Crippen LogP contribution is 2.35. The van der Waals surface area contributed by atoms with Crippen LogP contribution in [0.4, 0.5) is 0 Å². The zero-order valence-electron chi connectivity index (χ0n) is 14.9. The molecule has 0 atom stereocenters. The van der Waals surface area contributed by atoms with Crippen molar-refractivity contribution in [3.8, 4) is 11.4 Å². The van der Waals surface area contributed by atoms with Gasteiger partial charge >= 0.3 is 5.69 Å². The number of hydrogen-bond donors (Lipinski definition) is 1. The maximum Gasteiger partial charge on any atom is 0.337 e. The number of fused-ring (bicyclic) bond motifs is 3. The van der Waals surface area contributed by atoms with Gasteiger partial charge in [0.1, 0.15) is 17.1 Å². The third kappa shape index (κ3) is 2.86. The fraction of sp³-hybridized carbons (Fsp3) is 0.316. The van der Waals surface area contributed by atoms with Crippen molar-refractivity contribution in [1.29, 1.82) is 0 Å². The van der Waals surface area contributed by atoms with Crippen molar-refractivity contribution in [3.05, 3.63) is 55.5 Å². The molecule has 0 radical (unpaired) electrons. The average molecular weight is 385 g/mol. The molecule has 2 N–H and O–H groups in total. The molecule has 0 fully saturated rings. The molecule has 0 spiro atoms. The van der Waals surface area contributed by atoms with Crippen molar-refractivity contribution in [2.45, 2.75) is 32.7 Å². The van der Waals surface area contributed by atoms with E-state index in [1.807, 2.05) is 6.92 Å². The SMILES string of the molecule is CCOc1ccc(-n2c(=O)c3c4c(sc3n(CC(N)=O)c2=O)CCC4)cc1. The second-order valence-corrected chi connectivity index (χ2v) is 7.52. The molecule has 1 aliphatic rings. The molecule has 27 heavy (non-hydrogen) atoms. The molecule has 8 heteroatoms. The van der Waals surface area contributed by atoms with Gasteiger partial charge in [-0.2, -0.15) is 0 Å². The Morgan fingerprint density at radius 1 is 1.22 bits per heavy atom. The van der Waals surface area contributed by atoms with E-state index < -0.39 is 11.6 Å². The third-order valence-corrected chi connectivity index (χ3v) is 6.02. The van der Waals surface area contributed by atoms with Gasteiger partial charge in [0.25, 0.3) is 5.56 Å². The summed E-state index contributed by atoms with van der Waals surface area (Å²) in [6.07, 6.45) is 2.69. The summed E-state index contributed by atoms with van der Waals surface area (Å²) < 4.78 is 7.86. The van der Waals surface area contributed by atoms with Crippen molar-refractivity contribution in [3.63, 3.8) is 0 Å². The number of primary amides is 1. The molecule has 140 valence electrons. The molecule has 4 rings (SSSR count). The van der Waals surface area contributed by atoms with Crippen LogP contribution in [0, 0.1) is 0 Å². The van der Waals surface area contributed by atoms with Crippen LogP contribution in [-0.2, 0) is 24.2 Å². The summed E-state index contributed by atoms with van der Waals surface area (Å²) >= 11 is 1.42. The number of hydrogen-bond acceptors (Lipinski definition) is 5. The van der Waals surface area contributed by atoms with E-state index in [1.54, 1.807) is 24.3 Å². The topological polar surface area (TPSA) is 96.3 Å². The molecule has 0 saturated heterocycles. The first-order chi connectivity index (χ1) is 13.0. The smallest absolute Gasteiger partial charge is 0.337 e. The van der Waals surface area contributed by atoms with Gasteiger partial charge in [0.05, 0.1) is 17.7 Å². The van der Waals surface area contributed by atoms with E-state index in [0.29, 0.717) is 28.3 Å². The molecule has 0 unspecified atom stereocenters. The van der Waals surface area contributed by atoms with Crippen LogP contribution in [0.25, 0.3) is 15.9 Å². The summed E-state index contributed by atoms with van der Waals surface area (Å²) in [5.41, 5.74) is 5.88. The van der Waals surface area contributed by atoms with Crippen LogP contribution in [0.15, 0.2) is 33.9 Å². The van der Waals surface area contributed by atoms with Crippen LogP contribution in [0.1, 0.15) is 23.8 Å². The molecular formula is C19H19N3O4S. The summed E-state index contributed by atoms with van der Waals surface area (Å²) in [5.74, 6) is 0.0353. The molecule has 1 aromatic carbocycles. The number of amides is 1. The highest BCUT2D eigenvalue weighted by molar-refractivity contribution is 7.19. The van der Waals surface area contributed by atoms with Gasteiger partial charge in [-0.15, -0.1) is 11.3 Å². The van der Waals surface area contributed by atoms with Gasteiger partial charge in [0.2, 0.25) is 5.91 Å². The highest BCUT2D eigenvalue weighted by atomic mass is 32.1. The van der Waals surface area contributed by atoms with Crippen molar-refractivity contribution in [2.75, 3.05) is 6.61 Å². The van der Waals surface area contributed by atoms with E-state index in [0.717, 1.165) is 34.3 Å². The van der Waals surface area contributed by atoms with Gasteiger partial charge in [-0.05, 0) is 56.0 Å². The van der Waals surface area contributed by atoms with Crippen LogP contribution in [0.2, 0.25) is 0 Å². The maximum absolute atomic E-state index is 13.2. The molecule has 0 saturated carbocycles. The largest absolute Gasteiger partial charge is 0.494 e. The Labute approximate surface area is 158 Å². The Hall–Kier alpha value is -2.87. The van der Waals surface area contributed by atoms with Crippen molar-refractivity contribution in [1.82, 2.24) is 9.13 Å². The number of benzene rings is 1. The van der Waals surface area contributed by atoms with Gasteiger partial charge in [0.15, 0.2) is 0 Å². The lowest BCUT2D eigenvalue weighted by Crippen LogP contribution is -2.40.